The number of hydrogen-bond acceptors (Lipinski definition) is 3. The molecule has 1 aromatic rings. The second kappa shape index (κ2) is 6.06. The highest BCUT2D eigenvalue weighted by molar-refractivity contribution is 5.94. The first-order valence-electron chi connectivity index (χ1n) is 6.85. The second-order valence-corrected chi connectivity index (χ2v) is 5.32. The van der Waals surface area contributed by atoms with Gasteiger partial charge in [-0.2, -0.15) is 0 Å². The molecular weight excluding hydrogens is 240 g/mol. The average molecular weight is 262 g/mol. The van der Waals surface area contributed by atoms with Crippen LogP contribution < -0.4 is 5.32 Å². The molecule has 1 saturated heterocycles. The molecule has 0 spiro atoms. The maximum Gasteiger partial charge on any atom is 0.253 e. The highest BCUT2D eigenvalue weighted by Crippen LogP contribution is 2.21. The van der Waals surface area contributed by atoms with Gasteiger partial charge in [0.25, 0.3) is 5.91 Å². The Kier molecular flexibility index (Phi) is 4.43. The summed E-state index contributed by atoms with van der Waals surface area (Å²) in [6.45, 7) is 4.39. The van der Waals surface area contributed by atoms with Gasteiger partial charge < -0.3 is 15.3 Å². The smallest absolute Gasteiger partial charge is 0.253 e. The lowest BCUT2D eigenvalue weighted by Gasteiger charge is -2.32. The van der Waals surface area contributed by atoms with E-state index in [1.165, 1.54) is 6.42 Å². The van der Waals surface area contributed by atoms with Crippen LogP contribution in [0, 0.1) is 12.8 Å². The minimum Gasteiger partial charge on any atom is -0.508 e. The van der Waals surface area contributed by atoms with Gasteiger partial charge in [-0.15, -0.1) is 0 Å². The largest absolute Gasteiger partial charge is 0.508 e. The number of nitrogens with zero attached hydrogens (tertiary/aromatic N) is 1. The number of amides is 1. The van der Waals surface area contributed by atoms with Crippen LogP contribution in [0.25, 0.3) is 0 Å². The van der Waals surface area contributed by atoms with Crippen molar-refractivity contribution in [3.05, 3.63) is 29.3 Å². The lowest BCUT2D eigenvalue weighted by Crippen LogP contribution is -2.42. The summed E-state index contributed by atoms with van der Waals surface area (Å²) in [5.74, 6) is 0.743. The molecule has 19 heavy (non-hydrogen) atoms. The fourth-order valence-electron chi connectivity index (χ4n) is 2.63. The Balaban J connectivity index is 2.08. The average Bonchev–Trinajstić information content (AvgIpc) is 2.42. The van der Waals surface area contributed by atoms with Crippen LogP contribution in [0.2, 0.25) is 0 Å². The van der Waals surface area contributed by atoms with Crippen LogP contribution in [-0.4, -0.2) is 42.6 Å². The highest BCUT2D eigenvalue weighted by atomic mass is 16.3. The number of phenolic OH excluding ortho intramolecular Hbond substituents is 1. The van der Waals surface area contributed by atoms with Crippen LogP contribution in [-0.2, 0) is 0 Å². The minimum absolute atomic E-state index is 0.0242. The van der Waals surface area contributed by atoms with Crippen LogP contribution in [0.5, 0.6) is 5.75 Å². The van der Waals surface area contributed by atoms with Gasteiger partial charge in [0.15, 0.2) is 0 Å². The van der Waals surface area contributed by atoms with E-state index in [1.54, 1.807) is 18.2 Å². The molecule has 1 aliphatic heterocycles. The number of rotatable bonds is 3. The van der Waals surface area contributed by atoms with Crippen molar-refractivity contribution in [1.82, 2.24) is 10.2 Å². The van der Waals surface area contributed by atoms with Gasteiger partial charge in [-0.1, -0.05) is 6.07 Å². The van der Waals surface area contributed by atoms with Crippen molar-refractivity contribution in [2.24, 2.45) is 5.92 Å². The number of nitrogens with one attached hydrogen (secondary N) is 1. The zero-order chi connectivity index (χ0) is 13.8. The molecule has 0 radical (unpaired) electrons. The maximum atomic E-state index is 12.4. The highest BCUT2D eigenvalue weighted by Gasteiger charge is 2.24. The predicted octanol–water partition coefficient (Wildman–Crippen LogP) is 1.77. The quantitative estimate of drug-likeness (QED) is 0.873. The lowest BCUT2D eigenvalue weighted by atomic mass is 9.97. The topological polar surface area (TPSA) is 52.6 Å². The molecule has 1 atom stereocenters. The van der Waals surface area contributed by atoms with Crippen molar-refractivity contribution in [3.63, 3.8) is 0 Å². The van der Waals surface area contributed by atoms with E-state index in [0.29, 0.717) is 11.5 Å². The molecule has 0 saturated carbocycles. The monoisotopic (exact) mass is 262 g/mol. The van der Waals surface area contributed by atoms with E-state index < -0.39 is 0 Å². The summed E-state index contributed by atoms with van der Waals surface area (Å²) < 4.78 is 0. The van der Waals surface area contributed by atoms with Gasteiger partial charge in [-0.3, -0.25) is 4.79 Å². The number of phenols is 1. The summed E-state index contributed by atoms with van der Waals surface area (Å²) in [6.07, 6.45) is 2.22. The maximum absolute atomic E-state index is 12.4. The Hall–Kier alpha value is -1.55. The summed E-state index contributed by atoms with van der Waals surface area (Å²) in [7, 11) is 1.94. The van der Waals surface area contributed by atoms with E-state index in [2.05, 4.69) is 5.32 Å². The molecule has 1 heterocycles. The molecule has 0 aliphatic carbocycles. The van der Waals surface area contributed by atoms with Gasteiger partial charge in [0.2, 0.25) is 0 Å². The molecule has 1 aromatic carbocycles. The molecule has 4 nitrogen and oxygen atoms in total. The van der Waals surface area contributed by atoms with Gasteiger partial charge in [0, 0.05) is 18.7 Å². The van der Waals surface area contributed by atoms with Gasteiger partial charge in [0.05, 0.1) is 0 Å². The molecule has 1 amide bonds. The van der Waals surface area contributed by atoms with Crippen molar-refractivity contribution in [3.8, 4) is 5.75 Å². The molecule has 104 valence electrons. The lowest BCUT2D eigenvalue weighted by molar-refractivity contribution is 0.0674. The molecule has 1 aliphatic rings. The fraction of sp³-hybridized carbons (Fsp3) is 0.533. The zero-order valence-corrected chi connectivity index (χ0v) is 11.6. The van der Waals surface area contributed by atoms with Crippen molar-refractivity contribution in [1.29, 1.82) is 0 Å². The van der Waals surface area contributed by atoms with E-state index in [1.807, 2.05) is 18.9 Å². The van der Waals surface area contributed by atoms with Crippen LogP contribution in [0.4, 0.5) is 0 Å². The van der Waals surface area contributed by atoms with E-state index in [0.717, 1.165) is 31.6 Å². The molecule has 1 unspecified atom stereocenters. The number of carbonyl (C=O) groups is 1. The number of aryl methyl sites for hydroxylation is 1. The third-order valence-electron chi connectivity index (χ3n) is 3.76. The number of carbonyl (C=O) groups excluding carboxylic acids is 1. The Labute approximate surface area is 114 Å². The summed E-state index contributed by atoms with van der Waals surface area (Å²) >= 11 is 0. The third-order valence-corrected chi connectivity index (χ3v) is 3.76. The van der Waals surface area contributed by atoms with Gasteiger partial charge in [-0.05, 0) is 57.0 Å². The summed E-state index contributed by atoms with van der Waals surface area (Å²) in [4.78, 5) is 14.3. The molecule has 2 N–H and O–H groups in total. The van der Waals surface area contributed by atoms with E-state index >= 15 is 0 Å². The first-order chi connectivity index (χ1) is 9.11. The minimum atomic E-state index is 0.0242. The Morgan fingerprint density at radius 1 is 1.53 bits per heavy atom. The Morgan fingerprint density at radius 2 is 2.32 bits per heavy atom. The number of benzene rings is 1. The van der Waals surface area contributed by atoms with Crippen LogP contribution in [0.15, 0.2) is 18.2 Å². The fourth-order valence-corrected chi connectivity index (χ4v) is 2.63. The molecule has 0 aromatic heterocycles. The second-order valence-electron chi connectivity index (χ2n) is 5.32. The molecule has 2 rings (SSSR count). The van der Waals surface area contributed by atoms with Gasteiger partial charge in [0.1, 0.15) is 5.75 Å². The first-order valence-corrected chi connectivity index (χ1v) is 6.85. The van der Waals surface area contributed by atoms with Crippen molar-refractivity contribution in [2.45, 2.75) is 19.8 Å². The Bertz CT molecular complexity index is 457. The van der Waals surface area contributed by atoms with Gasteiger partial charge in [-0.25, -0.2) is 0 Å². The molecule has 4 heteroatoms. The van der Waals surface area contributed by atoms with E-state index in [9.17, 15) is 9.90 Å². The third kappa shape index (κ3) is 3.26. The molecular formula is C15H22N2O2. The predicted molar refractivity (Wildman–Crippen MR) is 75.4 cm³/mol. The molecule has 1 fully saturated rings. The first kappa shape index (κ1) is 13.9. The normalized spacial score (nSPS) is 19.5. The summed E-state index contributed by atoms with van der Waals surface area (Å²) in [5.41, 5.74) is 1.37. The standard InChI is InChI=1S/C15H22N2O2/c1-11-5-6-13(8-14(11)18)15(19)17-7-3-4-12(10-17)9-16-2/h5-6,8,12,16,18H,3-4,7,9-10H2,1-2H3. The summed E-state index contributed by atoms with van der Waals surface area (Å²) in [6, 6.07) is 5.15. The number of hydrogen-bond donors (Lipinski definition) is 2. The van der Waals surface area contributed by atoms with Crippen molar-refractivity contribution >= 4 is 5.91 Å². The SMILES string of the molecule is CNCC1CCCN(C(=O)c2ccc(C)c(O)c2)C1. The number of aromatic hydroxyl groups is 1. The van der Waals surface area contributed by atoms with Gasteiger partial charge >= 0.3 is 0 Å². The van der Waals surface area contributed by atoms with Crippen LogP contribution in [0.3, 0.4) is 0 Å². The zero-order valence-electron chi connectivity index (χ0n) is 11.6. The van der Waals surface area contributed by atoms with E-state index in [-0.39, 0.29) is 11.7 Å². The number of likely N-dealkylation sites (tertiary alicyclic amines) is 1. The van der Waals surface area contributed by atoms with Crippen LogP contribution in [0.1, 0.15) is 28.8 Å². The van der Waals surface area contributed by atoms with Crippen molar-refractivity contribution < 1.29 is 9.90 Å². The summed E-state index contributed by atoms with van der Waals surface area (Å²) in [5, 5.41) is 12.9. The number of piperidine rings is 1. The Morgan fingerprint density at radius 3 is 3.00 bits per heavy atom. The van der Waals surface area contributed by atoms with Crippen LogP contribution >= 0.6 is 0 Å². The van der Waals surface area contributed by atoms with E-state index in [4.69, 9.17) is 0 Å². The van der Waals surface area contributed by atoms with Crippen molar-refractivity contribution in [2.75, 3.05) is 26.7 Å². The molecule has 0 bridgehead atoms.